The smallest absolute Gasteiger partial charge is 0.189 e. The number of hydrogen-bond donors (Lipinski definition) is 0. The highest BCUT2D eigenvalue weighted by atomic mass is 32.2. The molecule has 0 aromatic carbocycles. The van der Waals surface area contributed by atoms with Crippen molar-refractivity contribution in [2.45, 2.75) is 20.3 Å². The van der Waals surface area contributed by atoms with Crippen molar-refractivity contribution in [3.8, 4) is 0 Å². The van der Waals surface area contributed by atoms with Crippen molar-refractivity contribution in [1.29, 1.82) is 0 Å². The third-order valence-corrected chi connectivity index (χ3v) is 4.06. The number of hydrogen-bond acceptors (Lipinski definition) is 3. The van der Waals surface area contributed by atoms with Gasteiger partial charge in [-0.3, -0.25) is 0 Å². The zero-order chi connectivity index (χ0) is 9.64. The van der Waals surface area contributed by atoms with Crippen LogP contribution in [-0.4, -0.2) is 20.1 Å². The van der Waals surface area contributed by atoms with Crippen LogP contribution in [0, 0.1) is 11.8 Å². The van der Waals surface area contributed by atoms with E-state index in [1.807, 2.05) is 0 Å². The van der Waals surface area contributed by atoms with Gasteiger partial charge in [0, 0.05) is 5.92 Å². The summed E-state index contributed by atoms with van der Waals surface area (Å²) in [7, 11) is -2.97. The van der Waals surface area contributed by atoms with Gasteiger partial charge in [0.05, 0.1) is 5.75 Å². The fourth-order valence-electron chi connectivity index (χ4n) is 2.22. The molecule has 0 saturated carbocycles. The third-order valence-electron chi connectivity index (χ3n) is 2.84. The molecular weight excluding hydrogens is 188 g/mol. The molecule has 0 aromatic rings. The van der Waals surface area contributed by atoms with Gasteiger partial charge in [-0.25, -0.2) is 8.42 Å². The number of rotatable bonds is 0. The van der Waals surface area contributed by atoms with Gasteiger partial charge in [0.2, 0.25) is 0 Å². The van der Waals surface area contributed by atoms with Crippen LogP contribution in [0.2, 0.25) is 0 Å². The van der Waals surface area contributed by atoms with Gasteiger partial charge in [-0.2, -0.15) is 0 Å². The summed E-state index contributed by atoms with van der Waals surface area (Å²) in [6, 6.07) is 0. The van der Waals surface area contributed by atoms with Crippen molar-refractivity contribution in [2.24, 2.45) is 11.8 Å². The summed E-state index contributed by atoms with van der Waals surface area (Å²) in [6.07, 6.45) is 1.03. The fraction of sp³-hybridized carbons (Fsp3) is 0.778. The molecule has 2 aliphatic rings. The lowest BCUT2D eigenvalue weighted by molar-refractivity contribution is 0.224. The molecule has 3 nitrogen and oxygen atoms in total. The fourth-order valence-corrected chi connectivity index (χ4v) is 3.51. The Morgan fingerprint density at radius 1 is 1.31 bits per heavy atom. The normalized spacial score (nSPS) is 37.1. The highest BCUT2D eigenvalue weighted by Gasteiger charge is 2.36. The molecule has 2 rings (SSSR count). The Balaban J connectivity index is 2.36. The van der Waals surface area contributed by atoms with Gasteiger partial charge < -0.3 is 4.74 Å². The lowest BCUT2D eigenvalue weighted by atomic mass is 10.0. The van der Waals surface area contributed by atoms with Crippen molar-refractivity contribution >= 4 is 9.84 Å². The van der Waals surface area contributed by atoms with Crippen LogP contribution in [0.5, 0.6) is 0 Å². The van der Waals surface area contributed by atoms with Gasteiger partial charge in [0.25, 0.3) is 0 Å². The maximum absolute atomic E-state index is 11.3. The maximum Gasteiger partial charge on any atom is 0.189 e. The molecular formula is C9H14O3S. The number of ether oxygens (including phenoxy) is 1. The molecule has 0 amide bonds. The molecule has 4 heteroatoms. The molecule has 1 aliphatic heterocycles. The maximum atomic E-state index is 11.3. The van der Waals surface area contributed by atoms with Crippen molar-refractivity contribution in [2.75, 3.05) is 11.7 Å². The summed E-state index contributed by atoms with van der Waals surface area (Å²) in [5.74, 6) is 1.82. The van der Waals surface area contributed by atoms with Crippen molar-refractivity contribution in [3.63, 3.8) is 0 Å². The van der Waals surface area contributed by atoms with E-state index in [0.29, 0.717) is 11.8 Å². The standard InChI is InChI=1S/C9H14O3S/c1-6-3-7(2)9-8(6)4-13(10,11)5-12-9/h6-7H,3-5H2,1-2H3. The number of sulfone groups is 1. The van der Waals surface area contributed by atoms with Gasteiger partial charge in [-0.05, 0) is 17.9 Å². The summed E-state index contributed by atoms with van der Waals surface area (Å²) in [4.78, 5) is 0. The molecule has 2 atom stereocenters. The Labute approximate surface area is 78.7 Å². The van der Waals surface area contributed by atoms with E-state index in [-0.39, 0.29) is 11.7 Å². The van der Waals surface area contributed by atoms with E-state index < -0.39 is 9.84 Å². The van der Waals surface area contributed by atoms with Crippen LogP contribution < -0.4 is 0 Å². The molecule has 0 spiro atoms. The zero-order valence-corrected chi connectivity index (χ0v) is 8.73. The molecule has 0 fully saturated rings. The summed E-state index contributed by atoms with van der Waals surface area (Å²) in [5, 5.41) is 0. The Morgan fingerprint density at radius 3 is 2.69 bits per heavy atom. The monoisotopic (exact) mass is 202 g/mol. The Kier molecular flexibility index (Phi) is 1.91. The average Bonchev–Trinajstić information content (AvgIpc) is 2.26. The van der Waals surface area contributed by atoms with Gasteiger partial charge in [0.15, 0.2) is 15.8 Å². The summed E-state index contributed by atoms with van der Waals surface area (Å²) in [5.41, 5.74) is 1.01. The lowest BCUT2D eigenvalue weighted by Gasteiger charge is -2.19. The molecule has 1 heterocycles. The Morgan fingerprint density at radius 2 is 2.00 bits per heavy atom. The number of allylic oxidation sites excluding steroid dienone is 1. The topological polar surface area (TPSA) is 43.4 Å². The predicted octanol–water partition coefficient (Wildman–Crippen LogP) is 1.32. The van der Waals surface area contributed by atoms with Crippen LogP contribution in [0.1, 0.15) is 20.3 Å². The minimum absolute atomic E-state index is 0.122. The first kappa shape index (κ1) is 9.06. The van der Waals surface area contributed by atoms with E-state index in [1.54, 1.807) is 0 Å². The van der Waals surface area contributed by atoms with Crippen LogP contribution in [0.15, 0.2) is 11.3 Å². The summed E-state index contributed by atoms with van der Waals surface area (Å²) >= 11 is 0. The quantitative estimate of drug-likeness (QED) is 0.595. The Bertz CT molecular complexity index is 353. The van der Waals surface area contributed by atoms with E-state index in [4.69, 9.17) is 4.74 Å². The van der Waals surface area contributed by atoms with E-state index in [1.165, 1.54) is 0 Å². The largest absolute Gasteiger partial charge is 0.482 e. The SMILES string of the molecule is CC1CC(C)C2=C1CS(=O)(=O)CO2. The minimum Gasteiger partial charge on any atom is -0.482 e. The Hall–Kier alpha value is -0.510. The van der Waals surface area contributed by atoms with Gasteiger partial charge in [0.1, 0.15) is 5.76 Å². The van der Waals surface area contributed by atoms with Crippen LogP contribution >= 0.6 is 0 Å². The molecule has 0 N–H and O–H groups in total. The van der Waals surface area contributed by atoms with Crippen molar-refractivity contribution in [3.05, 3.63) is 11.3 Å². The van der Waals surface area contributed by atoms with Crippen LogP contribution in [0.25, 0.3) is 0 Å². The van der Waals surface area contributed by atoms with Gasteiger partial charge >= 0.3 is 0 Å². The van der Waals surface area contributed by atoms with Crippen LogP contribution in [0.4, 0.5) is 0 Å². The van der Waals surface area contributed by atoms with E-state index in [9.17, 15) is 8.42 Å². The van der Waals surface area contributed by atoms with E-state index in [0.717, 1.165) is 17.8 Å². The summed E-state index contributed by atoms with van der Waals surface area (Å²) < 4.78 is 27.9. The molecule has 2 unspecified atom stereocenters. The van der Waals surface area contributed by atoms with E-state index >= 15 is 0 Å². The van der Waals surface area contributed by atoms with Crippen LogP contribution in [0.3, 0.4) is 0 Å². The molecule has 74 valence electrons. The predicted molar refractivity (Wildman–Crippen MR) is 49.7 cm³/mol. The first-order valence-electron chi connectivity index (χ1n) is 4.56. The summed E-state index contributed by atoms with van der Waals surface area (Å²) in [6.45, 7) is 4.17. The molecule has 0 aromatic heterocycles. The molecule has 0 radical (unpaired) electrons. The first-order chi connectivity index (χ1) is 5.99. The average molecular weight is 202 g/mol. The first-order valence-corrected chi connectivity index (χ1v) is 6.38. The van der Waals surface area contributed by atoms with Gasteiger partial charge in [-0.15, -0.1) is 0 Å². The van der Waals surface area contributed by atoms with Crippen LogP contribution in [-0.2, 0) is 14.6 Å². The van der Waals surface area contributed by atoms with Gasteiger partial charge in [-0.1, -0.05) is 13.8 Å². The second kappa shape index (κ2) is 2.74. The van der Waals surface area contributed by atoms with Crippen molar-refractivity contribution in [1.82, 2.24) is 0 Å². The van der Waals surface area contributed by atoms with E-state index in [2.05, 4.69) is 13.8 Å². The highest BCUT2D eigenvalue weighted by Crippen LogP contribution is 2.39. The minimum atomic E-state index is -2.97. The lowest BCUT2D eigenvalue weighted by Crippen LogP contribution is -2.22. The second-order valence-corrected chi connectivity index (χ2v) is 6.09. The molecule has 0 saturated heterocycles. The highest BCUT2D eigenvalue weighted by molar-refractivity contribution is 7.91. The second-order valence-electron chi connectivity index (χ2n) is 4.08. The molecule has 13 heavy (non-hydrogen) atoms. The van der Waals surface area contributed by atoms with Crippen molar-refractivity contribution < 1.29 is 13.2 Å². The molecule has 0 bridgehead atoms. The third kappa shape index (κ3) is 1.47. The zero-order valence-electron chi connectivity index (χ0n) is 7.91. The molecule has 1 aliphatic carbocycles.